The van der Waals surface area contributed by atoms with Crippen LogP contribution in [-0.2, 0) is 0 Å². The van der Waals surface area contributed by atoms with E-state index in [0.29, 0.717) is 23.1 Å². The van der Waals surface area contributed by atoms with E-state index in [1.165, 1.54) is 34.4 Å². The smallest absolute Gasteiger partial charge is 0.261 e. The first-order valence-electron chi connectivity index (χ1n) is 7.62. The molecule has 0 bridgehead atoms. The summed E-state index contributed by atoms with van der Waals surface area (Å²) in [6.07, 6.45) is 2.50. The molecule has 0 radical (unpaired) electrons. The van der Waals surface area contributed by atoms with E-state index in [-0.39, 0.29) is 5.91 Å². The maximum Gasteiger partial charge on any atom is 0.261 e. The maximum atomic E-state index is 12.6. The first-order chi connectivity index (χ1) is 12.2. The Balaban J connectivity index is 1.90. The molecule has 3 rings (SSSR count). The molecule has 1 aromatic carbocycles. The van der Waals surface area contributed by atoms with Gasteiger partial charge in [-0.05, 0) is 25.5 Å². The number of hydrogen-bond donors (Lipinski definition) is 1. The molecule has 0 aliphatic rings. The zero-order valence-corrected chi connectivity index (χ0v) is 16.1. The number of amides is 1. The van der Waals surface area contributed by atoms with E-state index in [0.717, 1.165) is 20.7 Å². The van der Waals surface area contributed by atoms with Crippen molar-refractivity contribution in [2.45, 2.75) is 29.5 Å². The van der Waals surface area contributed by atoms with Crippen molar-refractivity contribution in [2.24, 2.45) is 0 Å². The summed E-state index contributed by atoms with van der Waals surface area (Å²) in [4.78, 5) is 17.6. The third-order valence-electron chi connectivity index (χ3n) is 3.03. The number of anilines is 1. The number of thiazole rings is 1. The monoisotopic (exact) mass is 392 g/mol. The molecule has 25 heavy (non-hydrogen) atoms. The van der Waals surface area contributed by atoms with Gasteiger partial charge in [-0.1, -0.05) is 36.1 Å². The minimum atomic E-state index is -0.239. The summed E-state index contributed by atoms with van der Waals surface area (Å²) in [7, 11) is 0. The summed E-state index contributed by atoms with van der Waals surface area (Å²) < 4.78 is 6.71. The Morgan fingerprint density at radius 3 is 2.92 bits per heavy atom. The molecule has 130 valence electrons. The van der Waals surface area contributed by atoms with Crippen molar-refractivity contribution >= 4 is 45.5 Å². The molecule has 1 N–H and O–H groups in total. The number of carbonyl (C=O) groups is 1. The number of para-hydroxylation sites is 1. The Hall–Kier alpha value is -1.97. The second-order valence-corrected chi connectivity index (χ2v) is 8.33. The highest BCUT2D eigenvalue weighted by molar-refractivity contribution is 8.01. The summed E-state index contributed by atoms with van der Waals surface area (Å²) in [5.74, 6) is 0.327. The molecule has 3 aromatic rings. The lowest BCUT2D eigenvalue weighted by Crippen LogP contribution is -2.14. The molecule has 0 saturated carbocycles. The molecular formula is C16H16N4O2S3. The Bertz CT molecular complexity index is 849. The predicted molar refractivity (Wildman–Crippen MR) is 101 cm³/mol. The second-order valence-electron chi connectivity index (χ2n) is 4.96. The highest BCUT2D eigenvalue weighted by atomic mass is 32.2. The third-order valence-corrected chi connectivity index (χ3v) is 5.65. The van der Waals surface area contributed by atoms with Gasteiger partial charge in [0.25, 0.3) is 5.91 Å². The number of nitrogens with one attached hydrogen (secondary N) is 1. The zero-order chi connectivity index (χ0) is 17.6. The third kappa shape index (κ3) is 4.56. The van der Waals surface area contributed by atoms with Gasteiger partial charge in [-0.3, -0.25) is 10.1 Å². The van der Waals surface area contributed by atoms with Crippen LogP contribution in [0.4, 0.5) is 5.13 Å². The van der Waals surface area contributed by atoms with Crippen molar-refractivity contribution in [3.63, 3.8) is 0 Å². The molecule has 2 heterocycles. The van der Waals surface area contributed by atoms with Crippen LogP contribution < -0.4 is 10.1 Å². The summed E-state index contributed by atoms with van der Waals surface area (Å²) in [5.41, 5.74) is 0.481. The molecule has 0 fully saturated rings. The maximum absolute atomic E-state index is 12.6. The van der Waals surface area contributed by atoms with Gasteiger partial charge in [0.05, 0.1) is 17.1 Å². The zero-order valence-electron chi connectivity index (χ0n) is 13.7. The summed E-state index contributed by atoms with van der Waals surface area (Å²) in [6, 6.07) is 5.52. The van der Waals surface area contributed by atoms with Gasteiger partial charge in [-0.2, -0.15) is 0 Å². The van der Waals surface area contributed by atoms with Gasteiger partial charge in [0, 0.05) is 11.6 Å². The Morgan fingerprint density at radius 2 is 2.24 bits per heavy atom. The number of ether oxygens (including phenoxy) is 1. The molecule has 0 spiro atoms. The number of benzene rings is 1. The fourth-order valence-electron chi connectivity index (χ4n) is 1.99. The van der Waals surface area contributed by atoms with Gasteiger partial charge >= 0.3 is 0 Å². The highest BCUT2D eigenvalue weighted by Gasteiger charge is 2.19. The van der Waals surface area contributed by atoms with Crippen LogP contribution in [0, 0.1) is 6.92 Å². The molecule has 0 unspecified atom stereocenters. The van der Waals surface area contributed by atoms with Crippen LogP contribution in [-0.4, -0.2) is 27.7 Å². The second kappa shape index (κ2) is 8.41. The van der Waals surface area contributed by atoms with Crippen molar-refractivity contribution < 1.29 is 9.53 Å². The van der Waals surface area contributed by atoms with Gasteiger partial charge in [0.1, 0.15) is 10.8 Å². The number of aryl methyl sites for hydroxylation is 1. The van der Waals surface area contributed by atoms with Gasteiger partial charge in [0.15, 0.2) is 9.47 Å². The Morgan fingerprint density at radius 1 is 1.36 bits per heavy atom. The fourth-order valence-corrected chi connectivity index (χ4v) is 4.41. The van der Waals surface area contributed by atoms with Crippen molar-refractivity contribution in [1.29, 1.82) is 0 Å². The summed E-state index contributed by atoms with van der Waals surface area (Å²) >= 11 is 4.33. The molecule has 0 aliphatic heterocycles. The van der Waals surface area contributed by atoms with Crippen molar-refractivity contribution in [3.8, 4) is 5.75 Å². The van der Waals surface area contributed by atoms with E-state index in [4.69, 9.17) is 4.74 Å². The molecule has 0 atom stereocenters. The normalized spacial score (nSPS) is 10.6. The van der Waals surface area contributed by atoms with Crippen molar-refractivity contribution in [2.75, 3.05) is 11.9 Å². The minimum absolute atomic E-state index is 0.239. The minimum Gasteiger partial charge on any atom is -0.492 e. The van der Waals surface area contributed by atoms with E-state index < -0.39 is 0 Å². The van der Waals surface area contributed by atoms with Crippen LogP contribution in [0.15, 0.2) is 39.0 Å². The van der Waals surface area contributed by atoms with Crippen LogP contribution in [0.1, 0.15) is 28.7 Å². The Kier molecular flexibility index (Phi) is 6.00. The molecule has 6 nitrogen and oxygen atoms in total. The lowest BCUT2D eigenvalue weighted by Gasteiger charge is -2.14. The summed E-state index contributed by atoms with van der Waals surface area (Å²) in [6.45, 7) is 4.47. The molecule has 1 amide bonds. The van der Waals surface area contributed by atoms with Gasteiger partial charge in [-0.25, -0.2) is 4.98 Å². The molecule has 0 saturated heterocycles. The van der Waals surface area contributed by atoms with Crippen molar-refractivity contribution in [3.05, 3.63) is 40.3 Å². The van der Waals surface area contributed by atoms with Crippen LogP contribution in [0.3, 0.4) is 0 Å². The van der Waals surface area contributed by atoms with Gasteiger partial charge in [-0.15, -0.1) is 21.5 Å². The topological polar surface area (TPSA) is 77.0 Å². The Labute approximate surface area is 157 Å². The van der Waals surface area contributed by atoms with Gasteiger partial charge in [0.2, 0.25) is 0 Å². The predicted octanol–water partition coefficient (Wildman–Crippen LogP) is 4.50. The van der Waals surface area contributed by atoms with Crippen LogP contribution in [0.2, 0.25) is 0 Å². The van der Waals surface area contributed by atoms with Crippen LogP contribution in [0.5, 0.6) is 5.75 Å². The number of rotatable bonds is 7. The van der Waals surface area contributed by atoms with E-state index in [9.17, 15) is 4.79 Å². The average Bonchev–Trinajstić information content (AvgIpc) is 3.25. The molecular weight excluding hydrogens is 376 g/mol. The molecule has 0 aliphatic carbocycles. The number of aromatic nitrogens is 3. The number of carbonyl (C=O) groups excluding carboxylic acids is 1. The fraction of sp³-hybridized carbons (Fsp3) is 0.250. The van der Waals surface area contributed by atoms with Crippen LogP contribution >= 0.6 is 34.4 Å². The number of nitrogens with zero attached hydrogens (tertiary/aromatic N) is 3. The van der Waals surface area contributed by atoms with Gasteiger partial charge < -0.3 is 4.74 Å². The van der Waals surface area contributed by atoms with E-state index in [1.807, 2.05) is 31.4 Å². The molecule has 9 heteroatoms. The lowest BCUT2D eigenvalue weighted by atomic mass is 10.2. The number of hydrogen-bond acceptors (Lipinski definition) is 8. The largest absolute Gasteiger partial charge is 0.492 e. The SMILES string of the molecule is CCCOc1c(Sc2nnc(C)s2)cccc1C(=O)Nc1nccs1. The standard InChI is InChI=1S/C16H16N4O2S3/c1-3-8-22-13-11(14(21)18-15-17-7-9-23-15)5-4-6-12(13)25-16-20-19-10(2)24-16/h4-7,9H,3,8H2,1-2H3,(H,17,18,21). The first kappa shape index (κ1) is 17.8. The van der Waals surface area contributed by atoms with Crippen molar-refractivity contribution in [1.82, 2.24) is 15.2 Å². The lowest BCUT2D eigenvalue weighted by molar-refractivity contribution is 0.102. The van der Waals surface area contributed by atoms with E-state index >= 15 is 0 Å². The average molecular weight is 393 g/mol. The quantitative estimate of drug-likeness (QED) is 0.638. The molecule has 2 aromatic heterocycles. The van der Waals surface area contributed by atoms with E-state index in [2.05, 4.69) is 20.5 Å². The summed E-state index contributed by atoms with van der Waals surface area (Å²) in [5, 5.41) is 14.2. The van der Waals surface area contributed by atoms with E-state index in [1.54, 1.807) is 12.3 Å². The highest BCUT2D eigenvalue weighted by Crippen LogP contribution is 2.38. The van der Waals surface area contributed by atoms with Crippen LogP contribution in [0.25, 0.3) is 0 Å². The first-order valence-corrected chi connectivity index (χ1v) is 10.1.